The second-order valence-corrected chi connectivity index (χ2v) is 6.64. The van der Waals surface area contributed by atoms with Gasteiger partial charge in [0.25, 0.3) is 0 Å². The van der Waals surface area contributed by atoms with Gasteiger partial charge in [0.2, 0.25) is 0 Å². The molecule has 0 spiro atoms. The molecule has 2 aromatic carbocycles. The molecule has 3 heteroatoms. The molecule has 0 saturated heterocycles. The lowest BCUT2D eigenvalue weighted by Gasteiger charge is -2.13. The summed E-state index contributed by atoms with van der Waals surface area (Å²) in [6.45, 7) is 0. The Kier molecular flexibility index (Phi) is 5.85. The van der Waals surface area contributed by atoms with Crippen LogP contribution in [0.25, 0.3) is 0 Å². The fraction of sp³-hybridized carbons (Fsp3) is 0.250. The molecular formula is C16H16BrIO. The quantitative estimate of drug-likeness (QED) is 0.653. The predicted octanol–water partition coefficient (Wildman–Crippen LogP) is 5.11. The van der Waals surface area contributed by atoms with E-state index in [1.165, 1.54) is 5.56 Å². The molecule has 0 bridgehead atoms. The number of hydrogen-bond acceptors (Lipinski definition) is 1. The summed E-state index contributed by atoms with van der Waals surface area (Å²) < 4.78 is 2.14. The topological polar surface area (TPSA) is 20.2 Å². The van der Waals surface area contributed by atoms with Crippen molar-refractivity contribution >= 4 is 38.5 Å². The highest BCUT2D eigenvalue weighted by molar-refractivity contribution is 14.1. The average molecular weight is 431 g/mol. The van der Waals surface area contributed by atoms with Crippen LogP contribution in [0.2, 0.25) is 0 Å². The Bertz CT molecular complexity index is 528. The van der Waals surface area contributed by atoms with Crippen molar-refractivity contribution in [2.75, 3.05) is 0 Å². The van der Waals surface area contributed by atoms with Crippen molar-refractivity contribution < 1.29 is 5.11 Å². The molecule has 0 aromatic heterocycles. The molecular weight excluding hydrogens is 415 g/mol. The van der Waals surface area contributed by atoms with E-state index >= 15 is 0 Å². The highest BCUT2D eigenvalue weighted by atomic mass is 127. The minimum absolute atomic E-state index is 0.381. The summed E-state index contributed by atoms with van der Waals surface area (Å²) in [6.07, 6.45) is 2.42. The Labute approximate surface area is 136 Å². The van der Waals surface area contributed by atoms with Gasteiger partial charge in [0.1, 0.15) is 0 Å². The Morgan fingerprint density at radius 2 is 1.84 bits per heavy atom. The first-order valence-corrected chi connectivity index (χ1v) is 8.21. The van der Waals surface area contributed by atoms with Crippen molar-refractivity contribution in [3.8, 4) is 0 Å². The van der Waals surface area contributed by atoms with Crippen molar-refractivity contribution in [1.29, 1.82) is 0 Å². The molecule has 2 aromatic rings. The normalized spacial score (nSPS) is 12.4. The van der Waals surface area contributed by atoms with Crippen LogP contribution < -0.4 is 0 Å². The molecule has 0 saturated carbocycles. The molecule has 0 amide bonds. The van der Waals surface area contributed by atoms with Gasteiger partial charge in [0, 0.05) is 8.04 Å². The lowest BCUT2D eigenvalue weighted by molar-refractivity contribution is 0.164. The van der Waals surface area contributed by atoms with Gasteiger partial charge in [0.05, 0.1) is 6.10 Å². The Morgan fingerprint density at radius 1 is 1.11 bits per heavy atom. The zero-order valence-electron chi connectivity index (χ0n) is 10.5. The number of rotatable bonds is 5. The molecule has 0 aliphatic rings. The van der Waals surface area contributed by atoms with E-state index in [4.69, 9.17) is 0 Å². The van der Waals surface area contributed by atoms with Crippen LogP contribution in [0.5, 0.6) is 0 Å². The van der Waals surface area contributed by atoms with Crippen molar-refractivity contribution in [3.63, 3.8) is 0 Å². The second kappa shape index (κ2) is 7.41. The summed E-state index contributed by atoms with van der Waals surface area (Å²) in [6, 6.07) is 16.5. The zero-order valence-corrected chi connectivity index (χ0v) is 14.3. The number of aliphatic hydroxyl groups excluding tert-OH is 1. The Morgan fingerprint density at radius 3 is 2.58 bits per heavy atom. The maximum Gasteiger partial charge on any atom is 0.0800 e. The van der Waals surface area contributed by atoms with Crippen LogP contribution in [0.3, 0.4) is 0 Å². The Hall–Kier alpha value is -0.390. The van der Waals surface area contributed by atoms with Gasteiger partial charge >= 0.3 is 0 Å². The van der Waals surface area contributed by atoms with Crippen molar-refractivity contribution in [2.24, 2.45) is 0 Å². The molecule has 0 aliphatic carbocycles. The van der Waals surface area contributed by atoms with Gasteiger partial charge in [-0.3, -0.25) is 0 Å². The molecule has 2 rings (SSSR count). The monoisotopic (exact) mass is 430 g/mol. The maximum atomic E-state index is 10.3. The SMILES string of the molecule is OC(CCCc1ccccc1)c1cc(Br)ccc1I. The van der Waals surface area contributed by atoms with E-state index in [2.05, 4.69) is 62.8 Å². The van der Waals surface area contributed by atoms with E-state index in [1.807, 2.05) is 24.3 Å². The third-order valence-electron chi connectivity index (χ3n) is 3.10. The third-order valence-corrected chi connectivity index (χ3v) is 4.58. The molecule has 19 heavy (non-hydrogen) atoms. The summed E-state index contributed by atoms with van der Waals surface area (Å²) in [5.74, 6) is 0. The Balaban J connectivity index is 1.91. The van der Waals surface area contributed by atoms with E-state index in [0.717, 1.165) is 32.9 Å². The molecule has 0 aliphatic heterocycles. The lowest BCUT2D eigenvalue weighted by Crippen LogP contribution is -2.01. The van der Waals surface area contributed by atoms with Crippen molar-refractivity contribution in [1.82, 2.24) is 0 Å². The van der Waals surface area contributed by atoms with Crippen molar-refractivity contribution in [2.45, 2.75) is 25.4 Å². The highest BCUT2D eigenvalue weighted by Gasteiger charge is 2.11. The first-order chi connectivity index (χ1) is 9.16. The molecule has 0 radical (unpaired) electrons. The number of halogens is 2. The van der Waals surface area contributed by atoms with Gasteiger partial charge < -0.3 is 5.11 Å². The van der Waals surface area contributed by atoms with E-state index in [9.17, 15) is 5.11 Å². The van der Waals surface area contributed by atoms with E-state index in [-0.39, 0.29) is 6.10 Å². The summed E-state index contributed by atoms with van der Waals surface area (Å²) in [5, 5.41) is 10.3. The number of hydrogen-bond donors (Lipinski definition) is 1. The van der Waals surface area contributed by atoms with Crippen LogP contribution in [0.15, 0.2) is 53.0 Å². The van der Waals surface area contributed by atoms with Crippen LogP contribution in [-0.4, -0.2) is 5.11 Å². The molecule has 0 fully saturated rings. The van der Waals surface area contributed by atoms with E-state index < -0.39 is 0 Å². The molecule has 100 valence electrons. The third kappa shape index (κ3) is 4.58. The van der Waals surface area contributed by atoms with E-state index in [0.29, 0.717) is 0 Å². The van der Waals surface area contributed by atoms with Gasteiger partial charge in [-0.25, -0.2) is 0 Å². The summed E-state index contributed by atoms with van der Waals surface area (Å²) in [7, 11) is 0. The molecule has 1 nitrogen and oxygen atoms in total. The van der Waals surface area contributed by atoms with E-state index in [1.54, 1.807) is 0 Å². The standard InChI is InChI=1S/C16H16BrIO/c17-13-9-10-15(18)14(11-13)16(19)8-4-7-12-5-2-1-3-6-12/h1-3,5-6,9-11,16,19H,4,7-8H2. The molecule has 0 heterocycles. The first kappa shape index (κ1) is 15.0. The van der Waals surface area contributed by atoms with Gasteiger partial charge in [-0.2, -0.15) is 0 Å². The lowest BCUT2D eigenvalue weighted by atomic mass is 10.0. The molecule has 1 unspecified atom stereocenters. The van der Waals surface area contributed by atoms with Crippen LogP contribution >= 0.6 is 38.5 Å². The zero-order chi connectivity index (χ0) is 13.7. The fourth-order valence-electron chi connectivity index (χ4n) is 2.07. The van der Waals surface area contributed by atoms with Crippen LogP contribution in [-0.2, 0) is 6.42 Å². The maximum absolute atomic E-state index is 10.3. The van der Waals surface area contributed by atoms with Crippen LogP contribution in [0, 0.1) is 3.57 Å². The minimum Gasteiger partial charge on any atom is -0.388 e. The van der Waals surface area contributed by atoms with Gasteiger partial charge in [0.15, 0.2) is 0 Å². The summed E-state index contributed by atoms with van der Waals surface area (Å²) in [4.78, 5) is 0. The smallest absolute Gasteiger partial charge is 0.0800 e. The van der Waals surface area contributed by atoms with Crippen LogP contribution in [0.1, 0.15) is 30.1 Å². The second-order valence-electron chi connectivity index (χ2n) is 4.56. The van der Waals surface area contributed by atoms with Crippen LogP contribution in [0.4, 0.5) is 0 Å². The molecule has 1 atom stereocenters. The first-order valence-electron chi connectivity index (χ1n) is 6.34. The van der Waals surface area contributed by atoms with Gasteiger partial charge in [-0.15, -0.1) is 0 Å². The number of benzene rings is 2. The van der Waals surface area contributed by atoms with Crippen molar-refractivity contribution in [3.05, 3.63) is 67.7 Å². The largest absolute Gasteiger partial charge is 0.388 e. The predicted molar refractivity (Wildman–Crippen MR) is 91.2 cm³/mol. The summed E-state index contributed by atoms with van der Waals surface area (Å²) >= 11 is 5.73. The summed E-state index contributed by atoms with van der Waals surface area (Å²) in [5.41, 5.74) is 2.35. The molecule has 1 N–H and O–H groups in total. The fourth-order valence-corrected chi connectivity index (χ4v) is 3.14. The average Bonchev–Trinajstić information content (AvgIpc) is 2.42. The van der Waals surface area contributed by atoms with Gasteiger partial charge in [-0.1, -0.05) is 46.3 Å². The highest BCUT2D eigenvalue weighted by Crippen LogP contribution is 2.27. The number of aryl methyl sites for hydroxylation is 1. The van der Waals surface area contributed by atoms with Gasteiger partial charge in [-0.05, 0) is 71.2 Å². The minimum atomic E-state index is -0.381. The number of aliphatic hydroxyl groups is 1.